The van der Waals surface area contributed by atoms with Crippen LogP contribution in [-0.4, -0.2) is 26.2 Å². The second-order valence-corrected chi connectivity index (χ2v) is 5.85. The monoisotopic (exact) mass is 357 g/mol. The van der Waals surface area contributed by atoms with Crippen molar-refractivity contribution in [2.24, 2.45) is 0 Å². The Morgan fingerprint density at radius 2 is 1.84 bits per heavy atom. The molecule has 3 aromatic rings. The van der Waals surface area contributed by atoms with Crippen molar-refractivity contribution in [2.45, 2.75) is 4.90 Å². The molecule has 128 valence electrons. The Bertz CT molecular complexity index is 937. The van der Waals surface area contributed by atoms with Crippen LogP contribution in [0.4, 0.5) is 0 Å². The number of thiol groups is 1. The predicted octanol–water partition coefficient (Wildman–Crippen LogP) is 4.04. The molecule has 7 heteroatoms. The van der Waals surface area contributed by atoms with Crippen molar-refractivity contribution in [1.29, 1.82) is 0 Å². The van der Waals surface area contributed by atoms with Gasteiger partial charge in [0.15, 0.2) is 17.3 Å². The van der Waals surface area contributed by atoms with Gasteiger partial charge in [-0.1, -0.05) is 11.2 Å². The molecule has 6 nitrogen and oxygen atoms in total. The van der Waals surface area contributed by atoms with Crippen molar-refractivity contribution in [2.75, 3.05) is 21.0 Å². The van der Waals surface area contributed by atoms with E-state index in [0.29, 0.717) is 28.8 Å². The average Bonchev–Trinajstić information content (AvgIpc) is 3.29. The maximum Gasteiger partial charge on any atom is 0.231 e. The van der Waals surface area contributed by atoms with Gasteiger partial charge in [0.2, 0.25) is 12.5 Å². The minimum atomic E-state index is 0.167. The van der Waals surface area contributed by atoms with Gasteiger partial charge in [0.1, 0.15) is 5.75 Å². The summed E-state index contributed by atoms with van der Waals surface area (Å²) in [6.45, 7) is 0.167. The van der Waals surface area contributed by atoms with E-state index in [9.17, 15) is 0 Å². The van der Waals surface area contributed by atoms with E-state index in [1.807, 2.05) is 30.3 Å². The Labute approximate surface area is 149 Å². The summed E-state index contributed by atoms with van der Waals surface area (Å²) in [7, 11) is 3.19. The lowest BCUT2D eigenvalue weighted by molar-refractivity contribution is 0.171. The van der Waals surface area contributed by atoms with E-state index in [0.717, 1.165) is 21.6 Å². The van der Waals surface area contributed by atoms with Crippen molar-refractivity contribution < 1.29 is 23.5 Å². The third-order valence-electron chi connectivity index (χ3n) is 3.98. The minimum Gasteiger partial charge on any atom is -0.496 e. The third-order valence-corrected chi connectivity index (χ3v) is 4.33. The first-order valence-corrected chi connectivity index (χ1v) is 7.96. The highest BCUT2D eigenvalue weighted by molar-refractivity contribution is 7.80. The molecule has 0 amide bonds. The first kappa shape index (κ1) is 15.7. The van der Waals surface area contributed by atoms with Gasteiger partial charge in [-0.15, -0.1) is 12.6 Å². The molecule has 25 heavy (non-hydrogen) atoms. The van der Waals surface area contributed by atoms with Crippen molar-refractivity contribution in [1.82, 2.24) is 5.16 Å². The fraction of sp³-hybridized carbons (Fsp3) is 0.167. The third kappa shape index (κ3) is 2.66. The number of nitrogens with zero attached hydrogens (tertiary/aromatic N) is 1. The summed E-state index contributed by atoms with van der Waals surface area (Å²) in [6.07, 6.45) is 1.67. The molecule has 0 saturated carbocycles. The Morgan fingerprint density at radius 1 is 1.00 bits per heavy atom. The van der Waals surface area contributed by atoms with E-state index in [-0.39, 0.29) is 6.79 Å². The van der Waals surface area contributed by atoms with Crippen LogP contribution in [0.3, 0.4) is 0 Å². The molecule has 0 spiro atoms. The Morgan fingerprint density at radius 3 is 2.60 bits per heavy atom. The van der Waals surface area contributed by atoms with Gasteiger partial charge in [0, 0.05) is 16.0 Å². The highest BCUT2D eigenvalue weighted by Crippen LogP contribution is 2.46. The molecular weight excluding hydrogens is 342 g/mol. The molecule has 0 unspecified atom stereocenters. The van der Waals surface area contributed by atoms with E-state index >= 15 is 0 Å². The van der Waals surface area contributed by atoms with Crippen LogP contribution in [0.25, 0.3) is 22.5 Å². The van der Waals surface area contributed by atoms with Gasteiger partial charge in [-0.25, -0.2) is 0 Å². The highest BCUT2D eigenvalue weighted by Gasteiger charge is 2.23. The van der Waals surface area contributed by atoms with Crippen LogP contribution in [0.1, 0.15) is 0 Å². The Hall–Kier alpha value is -2.80. The summed E-state index contributed by atoms with van der Waals surface area (Å²) in [5.74, 6) is 3.09. The molecular formula is C18H15NO5S. The molecule has 0 bridgehead atoms. The van der Waals surface area contributed by atoms with Gasteiger partial charge in [-0.05, 0) is 29.8 Å². The molecule has 0 atom stereocenters. The average molecular weight is 357 g/mol. The van der Waals surface area contributed by atoms with Crippen LogP contribution in [0, 0.1) is 0 Å². The van der Waals surface area contributed by atoms with Crippen molar-refractivity contribution in [3.05, 3.63) is 36.5 Å². The first-order chi connectivity index (χ1) is 12.2. The number of hydrogen-bond donors (Lipinski definition) is 1. The molecule has 1 aromatic heterocycles. The van der Waals surface area contributed by atoms with Crippen LogP contribution in [0.15, 0.2) is 45.9 Å². The Kier molecular flexibility index (Phi) is 3.93. The molecule has 0 saturated heterocycles. The van der Waals surface area contributed by atoms with E-state index in [1.165, 1.54) is 0 Å². The lowest BCUT2D eigenvalue weighted by atomic mass is 10.0. The van der Waals surface area contributed by atoms with Gasteiger partial charge in [-0.2, -0.15) is 0 Å². The second kappa shape index (κ2) is 6.25. The zero-order valence-corrected chi connectivity index (χ0v) is 14.5. The smallest absolute Gasteiger partial charge is 0.231 e. The molecule has 0 N–H and O–H groups in total. The summed E-state index contributed by atoms with van der Waals surface area (Å²) in [5, 5.41) is 3.95. The summed E-state index contributed by atoms with van der Waals surface area (Å²) >= 11 is 4.45. The first-order valence-electron chi connectivity index (χ1n) is 7.51. The largest absolute Gasteiger partial charge is 0.496 e. The maximum atomic E-state index is 5.50. The van der Waals surface area contributed by atoms with Crippen LogP contribution in [0.5, 0.6) is 23.0 Å². The van der Waals surface area contributed by atoms with E-state index in [4.69, 9.17) is 23.5 Å². The van der Waals surface area contributed by atoms with Gasteiger partial charge >= 0.3 is 0 Å². The van der Waals surface area contributed by atoms with E-state index in [1.54, 1.807) is 20.4 Å². The topological polar surface area (TPSA) is 63.0 Å². The fourth-order valence-electron chi connectivity index (χ4n) is 2.77. The van der Waals surface area contributed by atoms with Crippen LogP contribution >= 0.6 is 12.6 Å². The van der Waals surface area contributed by atoms with Crippen LogP contribution < -0.4 is 18.9 Å². The molecule has 1 aliphatic rings. The lowest BCUT2D eigenvalue weighted by Gasteiger charge is -2.09. The minimum absolute atomic E-state index is 0.167. The van der Waals surface area contributed by atoms with Crippen LogP contribution in [-0.2, 0) is 0 Å². The van der Waals surface area contributed by atoms with Gasteiger partial charge < -0.3 is 23.5 Å². The fourth-order valence-corrected chi connectivity index (χ4v) is 3.08. The number of aromatic nitrogens is 1. The summed E-state index contributed by atoms with van der Waals surface area (Å²) in [6, 6.07) is 9.37. The second-order valence-electron chi connectivity index (χ2n) is 5.37. The highest BCUT2D eigenvalue weighted by atomic mass is 32.1. The normalized spacial score (nSPS) is 12.3. The molecule has 0 radical (unpaired) electrons. The molecule has 0 fully saturated rings. The zero-order chi connectivity index (χ0) is 17.4. The number of hydrogen-bond acceptors (Lipinski definition) is 7. The number of rotatable bonds is 4. The summed E-state index contributed by atoms with van der Waals surface area (Å²) < 4.78 is 27.1. The number of benzene rings is 2. The van der Waals surface area contributed by atoms with Crippen molar-refractivity contribution in [3.63, 3.8) is 0 Å². The standard InChI is InChI=1S/C18H15NO5S/c1-20-13-4-3-10(7-16(13)25)12-8-19-24-17(12)11-5-14(21-2)18-15(6-11)22-9-23-18/h3-8,25H,9H2,1-2H3. The van der Waals surface area contributed by atoms with Crippen LogP contribution in [0.2, 0.25) is 0 Å². The predicted molar refractivity (Wildman–Crippen MR) is 93.9 cm³/mol. The van der Waals surface area contributed by atoms with Gasteiger partial charge in [0.25, 0.3) is 0 Å². The van der Waals surface area contributed by atoms with E-state index < -0.39 is 0 Å². The number of ether oxygens (including phenoxy) is 4. The number of fused-ring (bicyclic) bond motifs is 1. The molecule has 0 aliphatic carbocycles. The van der Waals surface area contributed by atoms with E-state index in [2.05, 4.69) is 17.8 Å². The summed E-state index contributed by atoms with van der Waals surface area (Å²) in [5.41, 5.74) is 2.53. The maximum absolute atomic E-state index is 5.50. The van der Waals surface area contributed by atoms with Gasteiger partial charge in [0.05, 0.1) is 20.4 Å². The van der Waals surface area contributed by atoms with Gasteiger partial charge in [-0.3, -0.25) is 0 Å². The zero-order valence-electron chi connectivity index (χ0n) is 13.6. The van der Waals surface area contributed by atoms with Crippen molar-refractivity contribution in [3.8, 4) is 45.4 Å². The lowest BCUT2D eigenvalue weighted by Crippen LogP contribution is -1.93. The molecule has 1 aliphatic heterocycles. The Balaban J connectivity index is 1.82. The van der Waals surface area contributed by atoms with Crippen molar-refractivity contribution >= 4 is 12.6 Å². The molecule has 2 aromatic carbocycles. The SMILES string of the molecule is COc1ccc(-c2cnoc2-c2cc(OC)c3c(c2)OCO3)cc1S. The summed E-state index contributed by atoms with van der Waals surface area (Å²) in [4.78, 5) is 0.732. The molecule has 4 rings (SSSR count). The molecule has 2 heterocycles. The quantitative estimate of drug-likeness (QED) is 0.711. The number of methoxy groups -OCH3 is 2.